The number of aromatic nitrogens is 2. The standard InChI is InChI=1S/C20H25N5O3/c1-4-28-19(27)25-17(21)14-11-24(20(2,3)16(14)23-25)18(26)22-15-10-13(15)12-8-6-5-7-9-12/h5-9,13,15H,4,10-11,21H2,1-3H3,(H,22,26)/t13-,15?/m1/s1. The highest BCUT2D eigenvalue weighted by atomic mass is 16.6. The average molecular weight is 383 g/mol. The van der Waals surface area contributed by atoms with E-state index in [4.69, 9.17) is 10.5 Å². The van der Waals surface area contributed by atoms with Gasteiger partial charge in [-0.1, -0.05) is 30.3 Å². The fourth-order valence-electron chi connectivity index (χ4n) is 3.90. The number of carbonyl (C=O) groups excluding carboxylic acids is 2. The van der Waals surface area contributed by atoms with E-state index in [9.17, 15) is 9.59 Å². The predicted octanol–water partition coefficient (Wildman–Crippen LogP) is 2.79. The van der Waals surface area contributed by atoms with Crippen LogP contribution < -0.4 is 11.1 Å². The van der Waals surface area contributed by atoms with Crippen molar-refractivity contribution in [2.45, 2.75) is 51.2 Å². The molecule has 8 heteroatoms. The van der Waals surface area contributed by atoms with E-state index < -0.39 is 11.6 Å². The SMILES string of the molecule is CCOC(=O)n1nc2c(c1N)CN(C(=O)NC1C[C@@H]1c1ccccc1)C2(C)C. The van der Waals surface area contributed by atoms with E-state index in [1.54, 1.807) is 11.8 Å². The number of rotatable bonds is 3. The molecule has 8 nitrogen and oxygen atoms in total. The van der Waals surface area contributed by atoms with Crippen LogP contribution in [0.2, 0.25) is 0 Å². The summed E-state index contributed by atoms with van der Waals surface area (Å²) in [5, 5.41) is 7.47. The number of anilines is 1. The maximum Gasteiger partial charge on any atom is 0.436 e. The maximum atomic E-state index is 12.9. The summed E-state index contributed by atoms with van der Waals surface area (Å²) in [7, 11) is 0. The van der Waals surface area contributed by atoms with Crippen molar-refractivity contribution in [1.82, 2.24) is 20.0 Å². The first-order valence-corrected chi connectivity index (χ1v) is 9.52. The van der Waals surface area contributed by atoms with Gasteiger partial charge in [0.25, 0.3) is 0 Å². The van der Waals surface area contributed by atoms with Crippen LogP contribution in [-0.4, -0.2) is 39.5 Å². The largest absolute Gasteiger partial charge is 0.448 e. The van der Waals surface area contributed by atoms with Crippen LogP contribution in [0.15, 0.2) is 30.3 Å². The molecule has 0 saturated heterocycles. The van der Waals surface area contributed by atoms with Gasteiger partial charge in [0, 0.05) is 17.5 Å². The second-order valence-electron chi connectivity index (χ2n) is 7.78. The molecule has 1 aromatic heterocycles. The lowest BCUT2D eigenvalue weighted by molar-refractivity contribution is 0.138. The van der Waals surface area contributed by atoms with Crippen LogP contribution in [0.5, 0.6) is 0 Å². The van der Waals surface area contributed by atoms with Crippen molar-refractivity contribution in [3.63, 3.8) is 0 Å². The van der Waals surface area contributed by atoms with Gasteiger partial charge < -0.3 is 20.7 Å². The lowest BCUT2D eigenvalue weighted by Gasteiger charge is -2.31. The predicted molar refractivity (Wildman–Crippen MR) is 104 cm³/mol. The number of ether oxygens (including phenoxy) is 1. The van der Waals surface area contributed by atoms with Gasteiger partial charge in [-0.25, -0.2) is 9.59 Å². The van der Waals surface area contributed by atoms with Crippen molar-refractivity contribution >= 4 is 17.9 Å². The van der Waals surface area contributed by atoms with Gasteiger partial charge in [0.1, 0.15) is 5.82 Å². The molecule has 0 bridgehead atoms. The molecular formula is C20H25N5O3. The molecule has 1 aromatic carbocycles. The zero-order chi connectivity index (χ0) is 20.1. The molecule has 2 aromatic rings. The molecule has 148 valence electrons. The molecule has 2 heterocycles. The number of benzene rings is 1. The molecule has 1 fully saturated rings. The molecule has 1 saturated carbocycles. The molecule has 0 spiro atoms. The summed E-state index contributed by atoms with van der Waals surface area (Å²) in [5.41, 5.74) is 8.01. The highest BCUT2D eigenvalue weighted by molar-refractivity contribution is 5.80. The number of hydrogen-bond acceptors (Lipinski definition) is 5. The number of nitrogens with one attached hydrogen (secondary N) is 1. The summed E-state index contributed by atoms with van der Waals surface area (Å²) < 4.78 is 6.07. The Kier molecular flexibility index (Phi) is 4.28. The fraction of sp³-hybridized carbons (Fsp3) is 0.450. The first-order valence-electron chi connectivity index (χ1n) is 9.52. The number of fused-ring (bicyclic) bond motifs is 1. The number of nitrogens with zero attached hydrogens (tertiary/aromatic N) is 3. The Balaban J connectivity index is 1.47. The minimum absolute atomic E-state index is 0.135. The number of amides is 2. The van der Waals surface area contributed by atoms with Crippen molar-refractivity contribution in [2.75, 3.05) is 12.3 Å². The van der Waals surface area contributed by atoms with Gasteiger partial charge in [-0.3, -0.25) is 0 Å². The van der Waals surface area contributed by atoms with Crippen LogP contribution in [0.3, 0.4) is 0 Å². The third-order valence-corrected chi connectivity index (χ3v) is 5.61. The van der Waals surface area contributed by atoms with Gasteiger partial charge in [-0.15, -0.1) is 4.68 Å². The normalized spacial score (nSPS) is 21.9. The van der Waals surface area contributed by atoms with Crippen LogP contribution in [0, 0.1) is 0 Å². The second-order valence-corrected chi connectivity index (χ2v) is 7.78. The molecule has 2 atom stereocenters. The summed E-state index contributed by atoms with van der Waals surface area (Å²) in [6.45, 7) is 6.08. The minimum Gasteiger partial charge on any atom is -0.448 e. The Bertz CT molecular complexity index is 921. The van der Waals surface area contributed by atoms with Crippen molar-refractivity contribution < 1.29 is 14.3 Å². The number of nitrogen functional groups attached to an aromatic ring is 1. The van der Waals surface area contributed by atoms with E-state index in [1.807, 2.05) is 32.0 Å². The Morgan fingerprint density at radius 3 is 2.68 bits per heavy atom. The van der Waals surface area contributed by atoms with Crippen molar-refractivity contribution in [3.05, 3.63) is 47.2 Å². The van der Waals surface area contributed by atoms with Gasteiger partial charge in [0.05, 0.1) is 24.4 Å². The Hall–Kier alpha value is -3.03. The van der Waals surface area contributed by atoms with Crippen molar-refractivity contribution in [2.24, 2.45) is 0 Å². The highest BCUT2D eigenvalue weighted by Gasteiger charge is 2.47. The molecule has 4 rings (SSSR count). The number of nitrogens with two attached hydrogens (primary N) is 1. The van der Waals surface area contributed by atoms with E-state index in [0.717, 1.165) is 11.1 Å². The zero-order valence-corrected chi connectivity index (χ0v) is 16.3. The third-order valence-electron chi connectivity index (χ3n) is 5.61. The number of urea groups is 1. The maximum absolute atomic E-state index is 12.9. The zero-order valence-electron chi connectivity index (χ0n) is 16.3. The van der Waals surface area contributed by atoms with Crippen LogP contribution in [0.4, 0.5) is 15.4 Å². The Labute approximate surface area is 163 Å². The van der Waals surface area contributed by atoms with Gasteiger partial charge in [-0.2, -0.15) is 5.10 Å². The van der Waals surface area contributed by atoms with Gasteiger partial charge in [-0.05, 0) is 32.8 Å². The second kappa shape index (κ2) is 6.54. The molecule has 1 aliphatic heterocycles. The summed E-state index contributed by atoms with van der Waals surface area (Å²) in [6, 6.07) is 10.2. The highest BCUT2D eigenvalue weighted by Crippen LogP contribution is 2.43. The first-order chi connectivity index (χ1) is 13.3. The van der Waals surface area contributed by atoms with Gasteiger partial charge in [0.2, 0.25) is 0 Å². The van der Waals surface area contributed by atoms with Crippen LogP contribution in [-0.2, 0) is 16.8 Å². The molecule has 2 aliphatic rings. The third kappa shape index (κ3) is 2.89. The van der Waals surface area contributed by atoms with E-state index in [2.05, 4.69) is 22.5 Å². The molecule has 1 aliphatic carbocycles. The number of carbonyl (C=O) groups is 2. The Morgan fingerprint density at radius 1 is 1.32 bits per heavy atom. The quantitative estimate of drug-likeness (QED) is 0.848. The van der Waals surface area contributed by atoms with Gasteiger partial charge in [0.15, 0.2) is 0 Å². The topological polar surface area (TPSA) is 102 Å². The summed E-state index contributed by atoms with van der Waals surface area (Å²) >= 11 is 0. The monoisotopic (exact) mass is 383 g/mol. The summed E-state index contributed by atoms with van der Waals surface area (Å²) in [6.07, 6.45) is 0.330. The number of hydrogen-bond donors (Lipinski definition) is 2. The molecule has 28 heavy (non-hydrogen) atoms. The van der Waals surface area contributed by atoms with Crippen LogP contribution >= 0.6 is 0 Å². The van der Waals surface area contributed by atoms with E-state index in [0.29, 0.717) is 23.7 Å². The van der Waals surface area contributed by atoms with Gasteiger partial charge >= 0.3 is 12.1 Å². The van der Waals surface area contributed by atoms with Crippen molar-refractivity contribution in [1.29, 1.82) is 0 Å². The Morgan fingerprint density at radius 2 is 2.04 bits per heavy atom. The molecule has 1 unspecified atom stereocenters. The van der Waals surface area contributed by atoms with Crippen LogP contribution in [0.25, 0.3) is 0 Å². The van der Waals surface area contributed by atoms with E-state index in [1.165, 1.54) is 5.56 Å². The lowest BCUT2D eigenvalue weighted by atomic mass is 10.0. The molecule has 3 N–H and O–H groups in total. The fourth-order valence-corrected chi connectivity index (χ4v) is 3.90. The molecule has 2 amide bonds. The first kappa shape index (κ1) is 18.3. The van der Waals surface area contributed by atoms with E-state index in [-0.39, 0.29) is 24.5 Å². The lowest BCUT2D eigenvalue weighted by Crippen LogP contribution is -2.47. The van der Waals surface area contributed by atoms with Crippen LogP contribution in [0.1, 0.15) is 49.9 Å². The average Bonchev–Trinajstić information content (AvgIpc) is 3.26. The van der Waals surface area contributed by atoms with E-state index >= 15 is 0 Å². The minimum atomic E-state index is -0.678. The summed E-state index contributed by atoms with van der Waals surface area (Å²) in [5.74, 6) is 0.585. The molecule has 0 radical (unpaired) electrons. The summed E-state index contributed by atoms with van der Waals surface area (Å²) in [4.78, 5) is 26.7. The smallest absolute Gasteiger partial charge is 0.436 e. The molecular weight excluding hydrogens is 358 g/mol. The van der Waals surface area contributed by atoms with Crippen molar-refractivity contribution in [3.8, 4) is 0 Å².